The number of nitrogens with zero attached hydrogens (tertiary/aromatic N) is 2. The van der Waals surface area contributed by atoms with Gasteiger partial charge in [0, 0.05) is 36.3 Å². The fourth-order valence-corrected chi connectivity index (χ4v) is 4.54. The van der Waals surface area contributed by atoms with Gasteiger partial charge in [-0.05, 0) is 66.2 Å². The normalized spacial score (nSPS) is 24.7. The van der Waals surface area contributed by atoms with Crippen LogP contribution >= 0.6 is 0 Å². The van der Waals surface area contributed by atoms with Crippen molar-refractivity contribution >= 4 is 12.0 Å². The van der Waals surface area contributed by atoms with Crippen molar-refractivity contribution < 1.29 is 24.5 Å². The number of rotatable bonds is 8. The second-order valence-electron chi connectivity index (χ2n) is 10.1. The van der Waals surface area contributed by atoms with Crippen LogP contribution in [-0.2, 0) is 9.53 Å². The highest BCUT2D eigenvalue weighted by atomic mass is 16.6. The number of carbonyl (C=O) groups excluding carboxylic acids is 2. The fraction of sp³-hybridized carbons (Fsp3) is 0.750. The van der Waals surface area contributed by atoms with Crippen LogP contribution in [0.15, 0.2) is 23.5 Å². The summed E-state index contributed by atoms with van der Waals surface area (Å²) in [6.07, 6.45) is 8.33. The van der Waals surface area contributed by atoms with Crippen LogP contribution in [0.1, 0.15) is 79.1 Å². The van der Waals surface area contributed by atoms with Crippen molar-refractivity contribution in [1.29, 1.82) is 0 Å². The molecule has 3 rings (SSSR count). The quantitative estimate of drug-likeness (QED) is 0.493. The molecule has 0 spiro atoms. The molecule has 0 radical (unpaired) electrons. The average molecular weight is 450 g/mol. The molecule has 2 aliphatic carbocycles. The van der Waals surface area contributed by atoms with E-state index in [9.17, 15) is 19.8 Å². The van der Waals surface area contributed by atoms with Gasteiger partial charge in [0.05, 0.1) is 12.7 Å². The van der Waals surface area contributed by atoms with E-state index in [1.165, 1.54) is 0 Å². The number of allylic oxidation sites excluding steroid dienone is 3. The Morgan fingerprint density at radius 1 is 1.25 bits per heavy atom. The van der Waals surface area contributed by atoms with Crippen molar-refractivity contribution in [3.05, 3.63) is 23.5 Å². The minimum Gasteiger partial charge on any atom is -0.443 e. The van der Waals surface area contributed by atoms with Gasteiger partial charge < -0.3 is 25.2 Å². The first-order valence-corrected chi connectivity index (χ1v) is 11.8. The van der Waals surface area contributed by atoms with Gasteiger partial charge in [-0.2, -0.15) is 0 Å². The third-order valence-electron chi connectivity index (χ3n) is 6.16. The van der Waals surface area contributed by atoms with E-state index in [0.29, 0.717) is 12.8 Å². The Morgan fingerprint density at radius 2 is 1.97 bits per heavy atom. The van der Waals surface area contributed by atoms with Crippen LogP contribution in [0.2, 0.25) is 0 Å². The van der Waals surface area contributed by atoms with Crippen molar-refractivity contribution in [1.82, 2.24) is 15.1 Å². The van der Waals surface area contributed by atoms with E-state index in [4.69, 9.17) is 4.74 Å². The Kier molecular flexibility index (Phi) is 7.88. The molecule has 8 nitrogen and oxygen atoms in total. The molecule has 1 aliphatic heterocycles. The second kappa shape index (κ2) is 10.3. The smallest absolute Gasteiger partial charge is 0.416 e. The van der Waals surface area contributed by atoms with Crippen molar-refractivity contribution in [3.63, 3.8) is 0 Å². The topological polar surface area (TPSA) is 102 Å². The lowest BCUT2D eigenvalue weighted by Gasteiger charge is -2.35. The van der Waals surface area contributed by atoms with Crippen molar-refractivity contribution in [2.75, 3.05) is 6.61 Å². The van der Waals surface area contributed by atoms with Gasteiger partial charge in [-0.3, -0.25) is 9.69 Å². The minimum absolute atomic E-state index is 0.0176. The molecular formula is C24H39N3O5. The van der Waals surface area contributed by atoms with Crippen LogP contribution in [0.4, 0.5) is 4.79 Å². The van der Waals surface area contributed by atoms with E-state index in [1.807, 2.05) is 27.7 Å². The number of ether oxygens (including phenoxy) is 1. The van der Waals surface area contributed by atoms with Gasteiger partial charge in [0.2, 0.25) is 5.91 Å². The summed E-state index contributed by atoms with van der Waals surface area (Å²) in [4.78, 5) is 29.5. The molecule has 0 saturated heterocycles. The van der Waals surface area contributed by atoms with Crippen LogP contribution in [0.3, 0.4) is 0 Å². The highest BCUT2D eigenvalue weighted by Crippen LogP contribution is 2.43. The molecule has 2 amide bonds. The molecule has 1 fully saturated rings. The third kappa shape index (κ3) is 6.25. The molecule has 0 aromatic rings. The number of hydrogen-bond donors (Lipinski definition) is 3. The molecule has 0 bridgehead atoms. The SMILES string of the molecule is CC1=C(CCC(=O)N[C@H]2CC=CCC2)N(C2CC2)C(CC(O)CO)N1C(=O)OC(C)(C)C. The molecule has 1 saturated carbocycles. The number of aliphatic hydroxyl groups is 2. The first-order chi connectivity index (χ1) is 15.1. The molecule has 180 valence electrons. The van der Waals surface area contributed by atoms with Crippen molar-refractivity contribution in [3.8, 4) is 0 Å². The highest BCUT2D eigenvalue weighted by molar-refractivity contribution is 5.77. The number of hydrogen-bond acceptors (Lipinski definition) is 6. The monoisotopic (exact) mass is 449 g/mol. The molecule has 0 aromatic carbocycles. The Morgan fingerprint density at radius 3 is 2.53 bits per heavy atom. The summed E-state index contributed by atoms with van der Waals surface area (Å²) in [7, 11) is 0. The fourth-order valence-electron chi connectivity index (χ4n) is 4.54. The van der Waals surface area contributed by atoms with Gasteiger partial charge in [0.25, 0.3) is 0 Å². The molecule has 32 heavy (non-hydrogen) atoms. The van der Waals surface area contributed by atoms with Crippen LogP contribution in [0, 0.1) is 0 Å². The number of carbonyl (C=O) groups is 2. The standard InChI is InChI=1S/C24H39N3O5/c1-16-20(12-13-21(30)25-17-8-6-5-7-9-17)27(18-10-11-18)22(14-19(29)15-28)26(16)23(31)32-24(2,3)4/h5-6,17-19,22,28-29H,7-15H2,1-4H3,(H,25,30)/t17-,19?,22?/m0/s1. The van der Waals surface area contributed by atoms with E-state index in [-0.39, 0.29) is 31.0 Å². The Balaban J connectivity index is 1.76. The van der Waals surface area contributed by atoms with Gasteiger partial charge in [-0.1, -0.05) is 12.2 Å². The molecule has 1 heterocycles. The van der Waals surface area contributed by atoms with Crippen molar-refractivity contribution in [2.24, 2.45) is 0 Å². The van der Waals surface area contributed by atoms with Crippen LogP contribution in [0.25, 0.3) is 0 Å². The van der Waals surface area contributed by atoms with E-state index >= 15 is 0 Å². The largest absolute Gasteiger partial charge is 0.443 e. The Hall–Kier alpha value is -2.06. The average Bonchev–Trinajstić information content (AvgIpc) is 3.50. The maximum absolute atomic E-state index is 13.1. The van der Waals surface area contributed by atoms with Gasteiger partial charge in [0.1, 0.15) is 11.8 Å². The number of aliphatic hydroxyl groups excluding tert-OH is 2. The lowest BCUT2D eigenvalue weighted by Crippen LogP contribution is -2.48. The van der Waals surface area contributed by atoms with Gasteiger partial charge in [0.15, 0.2) is 0 Å². The summed E-state index contributed by atoms with van der Waals surface area (Å²) in [5.74, 6) is 0.0176. The summed E-state index contributed by atoms with van der Waals surface area (Å²) in [6.45, 7) is 6.97. The second-order valence-corrected chi connectivity index (χ2v) is 10.1. The zero-order chi connectivity index (χ0) is 23.5. The van der Waals surface area contributed by atoms with E-state index in [0.717, 1.165) is 43.5 Å². The van der Waals surface area contributed by atoms with E-state index in [1.54, 1.807) is 4.90 Å². The predicted octanol–water partition coefficient (Wildman–Crippen LogP) is 3.01. The molecular weight excluding hydrogens is 410 g/mol. The molecule has 2 unspecified atom stereocenters. The lowest BCUT2D eigenvalue weighted by atomic mass is 10.0. The molecule has 3 N–H and O–H groups in total. The summed E-state index contributed by atoms with van der Waals surface area (Å²) in [5, 5.41) is 22.8. The Labute approximate surface area is 191 Å². The molecule has 8 heteroatoms. The zero-order valence-corrected chi connectivity index (χ0v) is 19.8. The van der Waals surface area contributed by atoms with Gasteiger partial charge in [-0.25, -0.2) is 4.79 Å². The zero-order valence-electron chi connectivity index (χ0n) is 19.8. The van der Waals surface area contributed by atoms with Crippen LogP contribution < -0.4 is 5.32 Å². The lowest BCUT2D eigenvalue weighted by molar-refractivity contribution is -0.121. The first-order valence-electron chi connectivity index (χ1n) is 11.8. The van der Waals surface area contributed by atoms with Crippen LogP contribution in [0.5, 0.6) is 0 Å². The summed E-state index contributed by atoms with van der Waals surface area (Å²) in [6, 6.07) is 0.464. The third-order valence-corrected chi connectivity index (χ3v) is 6.16. The molecule has 0 aromatic heterocycles. The maximum Gasteiger partial charge on any atom is 0.416 e. The first kappa shape index (κ1) is 24.6. The van der Waals surface area contributed by atoms with E-state index in [2.05, 4.69) is 22.4 Å². The summed E-state index contributed by atoms with van der Waals surface area (Å²) in [5.41, 5.74) is 1.06. The molecule has 3 aliphatic rings. The van der Waals surface area contributed by atoms with Gasteiger partial charge >= 0.3 is 6.09 Å². The Bertz CT molecular complexity index is 753. The summed E-state index contributed by atoms with van der Waals surface area (Å²) >= 11 is 0. The van der Waals surface area contributed by atoms with Crippen LogP contribution in [-0.4, -0.2) is 68.6 Å². The number of amides is 2. The summed E-state index contributed by atoms with van der Waals surface area (Å²) < 4.78 is 5.66. The highest BCUT2D eigenvalue weighted by Gasteiger charge is 2.47. The maximum atomic E-state index is 13.1. The van der Waals surface area contributed by atoms with Gasteiger partial charge in [-0.15, -0.1) is 0 Å². The predicted molar refractivity (Wildman–Crippen MR) is 121 cm³/mol. The van der Waals surface area contributed by atoms with E-state index < -0.39 is 24.0 Å². The minimum atomic E-state index is -0.944. The number of nitrogens with one attached hydrogen (secondary N) is 1. The van der Waals surface area contributed by atoms with Crippen molar-refractivity contribution in [2.45, 2.75) is 109 Å². The molecule has 3 atom stereocenters.